The molecule has 1 aromatic carbocycles. The Morgan fingerprint density at radius 1 is 1.31 bits per heavy atom. The molecule has 0 saturated heterocycles. The standard InChI is InChI=1S/C11H13N3OS/c1-7(12)9-5-3-4-6-10(9)16-11-14-13-8(2)15-11/h3-7H,12H2,1-2H3. The van der Waals surface area contributed by atoms with E-state index in [-0.39, 0.29) is 6.04 Å². The molecule has 0 aliphatic heterocycles. The Morgan fingerprint density at radius 2 is 2.06 bits per heavy atom. The van der Waals surface area contributed by atoms with Crippen LogP contribution in [0, 0.1) is 6.92 Å². The first-order valence-electron chi connectivity index (χ1n) is 4.99. The average Bonchev–Trinajstić information content (AvgIpc) is 2.64. The Labute approximate surface area is 98.2 Å². The predicted molar refractivity (Wildman–Crippen MR) is 62.2 cm³/mol. The molecule has 2 aromatic rings. The van der Waals surface area contributed by atoms with Crippen molar-refractivity contribution in [2.45, 2.75) is 30.0 Å². The van der Waals surface area contributed by atoms with Crippen LogP contribution < -0.4 is 5.73 Å². The second-order valence-electron chi connectivity index (χ2n) is 3.52. The highest BCUT2D eigenvalue weighted by Crippen LogP contribution is 2.31. The fraction of sp³-hybridized carbons (Fsp3) is 0.273. The Hall–Kier alpha value is -1.33. The molecule has 0 bridgehead atoms. The van der Waals surface area contributed by atoms with E-state index in [4.69, 9.17) is 10.2 Å². The normalized spacial score (nSPS) is 12.7. The van der Waals surface area contributed by atoms with E-state index >= 15 is 0 Å². The Morgan fingerprint density at radius 3 is 2.69 bits per heavy atom. The van der Waals surface area contributed by atoms with Gasteiger partial charge in [0.25, 0.3) is 5.22 Å². The fourth-order valence-corrected chi connectivity index (χ4v) is 2.31. The lowest BCUT2D eigenvalue weighted by Gasteiger charge is -2.09. The summed E-state index contributed by atoms with van der Waals surface area (Å²) in [7, 11) is 0. The van der Waals surface area contributed by atoms with Crippen molar-refractivity contribution in [1.82, 2.24) is 10.2 Å². The molecular weight excluding hydrogens is 222 g/mol. The molecule has 1 heterocycles. The maximum Gasteiger partial charge on any atom is 0.281 e. The zero-order valence-electron chi connectivity index (χ0n) is 9.18. The summed E-state index contributed by atoms with van der Waals surface area (Å²) < 4.78 is 5.32. The Balaban J connectivity index is 2.27. The van der Waals surface area contributed by atoms with Crippen LogP contribution in [0.15, 0.2) is 38.8 Å². The maximum absolute atomic E-state index is 5.89. The SMILES string of the molecule is Cc1nnc(Sc2ccccc2C(C)N)o1. The molecule has 0 spiro atoms. The van der Waals surface area contributed by atoms with Crippen LogP contribution in [0.2, 0.25) is 0 Å². The molecule has 2 rings (SSSR count). The molecule has 0 fully saturated rings. The van der Waals surface area contributed by atoms with E-state index in [9.17, 15) is 0 Å². The van der Waals surface area contributed by atoms with Crippen molar-refractivity contribution in [3.63, 3.8) is 0 Å². The zero-order chi connectivity index (χ0) is 11.5. The molecule has 2 N–H and O–H groups in total. The summed E-state index contributed by atoms with van der Waals surface area (Å²) in [5.74, 6) is 0.570. The summed E-state index contributed by atoms with van der Waals surface area (Å²) in [4.78, 5) is 1.06. The Bertz CT molecular complexity index is 482. The lowest BCUT2D eigenvalue weighted by molar-refractivity contribution is 0.429. The lowest BCUT2D eigenvalue weighted by atomic mass is 10.1. The molecule has 1 atom stereocenters. The summed E-state index contributed by atoms with van der Waals surface area (Å²) in [5.41, 5.74) is 6.98. The molecule has 1 unspecified atom stereocenters. The summed E-state index contributed by atoms with van der Waals surface area (Å²) in [6.07, 6.45) is 0. The molecular formula is C11H13N3OS. The van der Waals surface area contributed by atoms with Crippen molar-refractivity contribution in [2.24, 2.45) is 5.73 Å². The van der Waals surface area contributed by atoms with Crippen LogP contribution in [0.25, 0.3) is 0 Å². The predicted octanol–water partition coefficient (Wildman–Crippen LogP) is 2.55. The van der Waals surface area contributed by atoms with Gasteiger partial charge in [0, 0.05) is 17.9 Å². The van der Waals surface area contributed by atoms with Gasteiger partial charge < -0.3 is 10.2 Å². The molecule has 0 aliphatic rings. The molecule has 5 heteroatoms. The van der Waals surface area contributed by atoms with Gasteiger partial charge in [-0.2, -0.15) is 0 Å². The van der Waals surface area contributed by atoms with Gasteiger partial charge in [0.05, 0.1) is 0 Å². The summed E-state index contributed by atoms with van der Waals surface area (Å²) in [6, 6.07) is 7.95. The number of aromatic nitrogens is 2. The van der Waals surface area contributed by atoms with Gasteiger partial charge in [-0.15, -0.1) is 10.2 Å². The molecule has 0 radical (unpaired) electrons. The number of hydrogen-bond donors (Lipinski definition) is 1. The first-order valence-corrected chi connectivity index (χ1v) is 5.81. The van der Waals surface area contributed by atoms with Crippen LogP contribution in [0.3, 0.4) is 0 Å². The van der Waals surface area contributed by atoms with E-state index in [0.29, 0.717) is 11.1 Å². The third-order valence-corrected chi connectivity index (χ3v) is 3.05. The number of hydrogen-bond acceptors (Lipinski definition) is 5. The van der Waals surface area contributed by atoms with Crippen LogP contribution in [0.4, 0.5) is 0 Å². The van der Waals surface area contributed by atoms with Crippen molar-refractivity contribution in [2.75, 3.05) is 0 Å². The van der Waals surface area contributed by atoms with Crippen molar-refractivity contribution in [1.29, 1.82) is 0 Å². The summed E-state index contributed by atoms with van der Waals surface area (Å²) in [5, 5.41) is 8.28. The van der Waals surface area contributed by atoms with Gasteiger partial charge >= 0.3 is 0 Å². The topological polar surface area (TPSA) is 64.9 Å². The van der Waals surface area contributed by atoms with Crippen molar-refractivity contribution < 1.29 is 4.42 Å². The molecule has 16 heavy (non-hydrogen) atoms. The number of aryl methyl sites for hydroxylation is 1. The molecule has 1 aromatic heterocycles. The number of rotatable bonds is 3. The Kier molecular flexibility index (Phi) is 3.26. The number of nitrogens with two attached hydrogens (primary N) is 1. The second kappa shape index (κ2) is 4.67. The molecule has 0 aliphatic carbocycles. The molecule has 0 amide bonds. The maximum atomic E-state index is 5.89. The van der Waals surface area contributed by atoms with Crippen molar-refractivity contribution in [3.8, 4) is 0 Å². The quantitative estimate of drug-likeness (QED) is 0.885. The fourth-order valence-electron chi connectivity index (χ4n) is 1.36. The highest BCUT2D eigenvalue weighted by molar-refractivity contribution is 7.99. The largest absolute Gasteiger partial charge is 0.416 e. The van der Waals surface area contributed by atoms with Crippen LogP contribution in [0.5, 0.6) is 0 Å². The summed E-state index contributed by atoms with van der Waals surface area (Å²) >= 11 is 1.44. The van der Waals surface area contributed by atoms with Crippen molar-refractivity contribution >= 4 is 11.8 Å². The lowest BCUT2D eigenvalue weighted by Crippen LogP contribution is -2.05. The minimum absolute atomic E-state index is 0.00674. The first kappa shape index (κ1) is 11.2. The highest BCUT2D eigenvalue weighted by Gasteiger charge is 2.10. The molecule has 84 valence electrons. The van der Waals surface area contributed by atoms with Gasteiger partial charge in [-0.3, -0.25) is 0 Å². The van der Waals surface area contributed by atoms with E-state index in [1.54, 1.807) is 6.92 Å². The van der Waals surface area contributed by atoms with Gasteiger partial charge in [0.15, 0.2) is 0 Å². The van der Waals surface area contributed by atoms with E-state index in [0.717, 1.165) is 10.5 Å². The van der Waals surface area contributed by atoms with E-state index < -0.39 is 0 Å². The van der Waals surface area contributed by atoms with E-state index in [1.807, 2.05) is 31.2 Å². The summed E-state index contributed by atoms with van der Waals surface area (Å²) in [6.45, 7) is 3.73. The van der Waals surface area contributed by atoms with Gasteiger partial charge in [-0.05, 0) is 30.3 Å². The van der Waals surface area contributed by atoms with E-state index in [1.165, 1.54) is 11.8 Å². The first-order chi connectivity index (χ1) is 7.66. The highest BCUT2D eigenvalue weighted by atomic mass is 32.2. The number of nitrogens with zero attached hydrogens (tertiary/aromatic N) is 2. The third-order valence-electron chi connectivity index (χ3n) is 2.11. The molecule has 0 saturated carbocycles. The van der Waals surface area contributed by atoms with Gasteiger partial charge in [0.1, 0.15) is 0 Å². The smallest absolute Gasteiger partial charge is 0.281 e. The second-order valence-corrected chi connectivity index (χ2v) is 4.51. The van der Waals surface area contributed by atoms with Crippen LogP contribution in [-0.2, 0) is 0 Å². The zero-order valence-corrected chi connectivity index (χ0v) is 9.99. The number of benzene rings is 1. The minimum Gasteiger partial charge on any atom is -0.416 e. The minimum atomic E-state index is -0.00674. The third kappa shape index (κ3) is 2.43. The monoisotopic (exact) mass is 235 g/mol. The van der Waals surface area contributed by atoms with Gasteiger partial charge in [-0.25, -0.2) is 0 Å². The van der Waals surface area contributed by atoms with Crippen molar-refractivity contribution in [3.05, 3.63) is 35.7 Å². The average molecular weight is 235 g/mol. The van der Waals surface area contributed by atoms with Crippen LogP contribution in [0.1, 0.15) is 24.4 Å². The van der Waals surface area contributed by atoms with Gasteiger partial charge in [-0.1, -0.05) is 18.2 Å². The van der Waals surface area contributed by atoms with Crippen LogP contribution >= 0.6 is 11.8 Å². The van der Waals surface area contributed by atoms with Gasteiger partial charge in [0.2, 0.25) is 5.89 Å². The van der Waals surface area contributed by atoms with Crippen LogP contribution in [-0.4, -0.2) is 10.2 Å². The van der Waals surface area contributed by atoms with E-state index in [2.05, 4.69) is 10.2 Å². The molecule has 4 nitrogen and oxygen atoms in total.